The van der Waals surface area contributed by atoms with Gasteiger partial charge < -0.3 is 14.8 Å². The zero-order valence-electron chi connectivity index (χ0n) is 11.4. The van der Waals surface area contributed by atoms with Crippen molar-refractivity contribution in [1.29, 1.82) is 0 Å². The molecular weight excluding hydrogens is 296 g/mol. The molecule has 0 fully saturated rings. The summed E-state index contributed by atoms with van der Waals surface area (Å²) in [5, 5.41) is 3.09. The summed E-state index contributed by atoms with van der Waals surface area (Å²) in [4.78, 5) is 4.27. The van der Waals surface area contributed by atoms with Crippen LogP contribution in [0.1, 0.15) is 26.3 Å². The van der Waals surface area contributed by atoms with E-state index in [4.69, 9.17) is 9.47 Å². The third-order valence-corrected chi connectivity index (χ3v) is 2.55. The van der Waals surface area contributed by atoms with E-state index in [-0.39, 0.29) is 5.60 Å². The largest absolute Gasteiger partial charge is 0.475 e. The molecule has 1 heterocycles. The molecule has 1 aromatic rings. The Morgan fingerprint density at radius 2 is 2.06 bits per heavy atom. The molecule has 0 unspecified atom stereocenters. The van der Waals surface area contributed by atoms with E-state index in [1.807, 2.05) is 33.9 Å². The first-order chi connectivity index (χ1) is 8.42. The van der Waals surface area contributed by atoms with Crippen LogP contribution in [0.25, 0.3) is 0 Å². The van der Waals surface area contributed by atoms with E-state index in [0.29, 0.717) is 19.1 Å². The minimum atomic E-state index is -0.135. The number of halogens is 1. The van der Waals surface area contributed by atoms with Crippen molar-refractivity contribution in [1.82, 2.24) is 10.3 Å². The summed E-state index contributed by atoms with van der Waals surface area (Å²) in [6.07, 6.45) is 1.74. The minimum absolute atomic E-state index is 0.135. The first-order valence-electron chi connectivity index (χ1n) is 5.98. The minimum Gasteiger partial charge on any atom is -0.475 e. The van der Waals surface area contributed by atoms with Crippen molar-refractivity contribution in [3.63, 3.8) is 0 Å². The third kappa shape index (κ3) is 5.80. The van der Waals surface area contributed by atoms with Gasteiger partial charge in [-0.1, -0.05) is 0 Å². The van der Waals surface area contributed by atoms with E-state index in [9.17, 15) is 0 Å². The average Bonchev–Trinajstić information content (AvgIpc) is 2.26. The maximum absolute atomic E-state index is 5.64. The highest BCUT2D eigenvalue weighted by Crippen LogP contribution is 2.20. The molecule has 0 amide bonds. The Kier molecular flexibility index (Phi) is 6.05. The van der Waals surface area contributed by atoms with Crippen molar-refractivity contribution in [3.05, 3.63) is 22.3 Å². The van der Waals surface area contributed by atoms with Crippen molar-refractivity contribution in [2.75, 3.05) is 20.3 Å². The quantitative estimate of drug-likeness (QED) is 0.820. The van der Waals surface area contributed by atoms with Gasteiger partial charge in [0, 0.05) is 22.8 Å². The van der Waals surface area contributed by atoms with E-state index in [1.165, 1.54) is 0 Å². The van der Waals surface area contributed by atoms with Crippen LogP contribution in [-0.4, -0.2) is 30.8 Å². The summed E-state index contributed by atoms with van der Waals surface area (Å²) in [7, 11) is 1.90. The Balaban J connectivity index is 2.51. The fourth-order valence-corrected chi connectivity index (χ4v) is 1.78. The van der Waals surface area contributed by atoms with E-state index in [2.05, 4.69) is 26.2 Å². The summed E-state index contributed by atoms with van der Waals surface area (Å²) in [6, 6.07) is 2.00. The second-order valence-corrected chi connectivity index (χ2v) is 5.87. The van der Waals surface area contributed by atoms with Crippen LogP contribution in [0.5, 0.6) is 5.88 Å². The number of hydrogen-bond donors (Lipinski definition) is 1. The molecule has 0 aliphatic heterocycles. The lowest BCUT2D eigenvalue weighted by Crippen LogP contribution is -2.23. The Labute approximate surface area is 117 Å². The normalized spacial score (nSPS) is 11.6. The van der Waals surface area contributed by atoms with Crippen molar-refractivity contribution < 1.29 is 9.47 Å². The summed E-state index contributed by atoms with van der Waals surface area (Å²) < 4.78 is 12.2. The van der Waals surface area contributed by atoms with Crippen LogP contribution in [0.15, 0.2) is 16.7 Å². The molecule has 0 saturated heterocycles. The van der Waals surface area contributed by atoms with Crippen LogP contribution in [0, 0.1) is 0 Å². The smallest absolute Gasteiger partial charge is 0.217 e. The lowest BCUT2D eigenvalue weighted by molar-refractivity contribution is -0.0169. The van der Waals surface area contributed by atoms with Crippen LogP contribution < -0.4 is 10.1 Å². The molecule has 0 atom stereocenters. The molecule has 0 saturated carbocycles. The average molecular weight is 317 g/mol. The lowest BCUT2D eigenvalue weighted by Gasteiger charge is -2.19. The van der Waals surface area contributed by atoms with Gasteiger partial charge in [0.2, 0.25) is 5.88 Å². The number of nitrogens with zero attached hydrogens (tertiary/aromatic N) is 1. The van der Waals surface area contributed by atoms with Gasteiger partial charge in [-0.3, -0.25) is 0 Å². The van der Waals surface area contributed by atoms with Crippen LogP contribution >= 0.6 is 15.9 Å². The first-order valence-corrected chi connectivity index (χ1v) is 6.77. The van der Waals surface area contributed by atoms with Gasteiger partial charge in [-0.05, 0) is 49.8 Å². The van der Waals surface area contributed by atoms with Gasteiger partial charge in [0.15, 0.2) is 0 Å². The molecule has 0 aliphatic carbocycles. The number of hydrogen-bond acceptors (Lipinski definition) is 4. The van der Waals surface area contributed by atoms with Crippen molar-refractivity contribution >= 4 is 15.9 Å². The number of ether oxygens (including phenoxy) is 2. The Morgan fingerprint density at radius 3 is 2.67 bits per heavy atom. The molecule has 0 spiro atoms. The van der Waals surface area contributed by atoms with E-state index in [1.54, 1.807) is 6.20 Å². The van der Waals surface area contributed by atoms with E-state index >= 15 is 0 Å². The van der Waals surface area contributed by atoms with Gasteiger partial charge in [-0.25, -0.2) is 4.98 Å². The van der Waals surface area contributed by atoms with Gasteiger partial charge in [0.1, 0.15) is 6.61 Å². The lowest BCUT2D eigenvalue weighted by atomic mass is 10.2. The Morgan fingerprint density at radius 1 is 1.33 bits per heavy atom. The maximum Gasteiger partial charge on any atom is 0.217 e. The summed E-state index contributed by atoms with van der Waals surface area (Å²) in [6.45, 7) is 7.86. The number of rotatable bonds is 6. The van der Waals surface area contributed by atoms with Gasteiger partial charge in [0.25, 0.3) is 0 Å². The fraction of sp³-hybridized carbons (Fsp3) is 0.615. The highest BCUT2D eigenvalue weighted by atomic mass is 79.9. The first kappa shape index (κ1) is 15.4. The molecule has 0 bridgehead atoms. The predicted octanol–water partition coefficient (Wildman–Crippen LogP) is 2.76. The highest BCUT2D eigenvalue weighted by Gasteiger charge is 2.10. The van der Waals surface area contributed by atoms with E-state index in [0.717, 1.165) is 16.6 Å². The van der Waals surface area contributed by atoms with E-state index < -0.39 is 0 Å². The molecule has 18 heavy (non-hydrogen) atoms. The van der Waals surface area contributed by atoms with Gasteiger partial charge in [-0.15, -0.1) is 0 Å². The second kappa shape index (κ2) is 7.07. The van der Waals surface area contributed by atoms with Gasteiger partial charge >= 0.3 is 0 Å². The SMILES string of the molecule is CNCc1cc(Br)cnc1OCCOC(C)(C)C. The third-order valence-electron chi connectivity index (χ3n) is 2.12. The predicted molar refractivity (Wildman–Crippen MR) is 75.9 cm³/mol. The number of nitrogens with one attached hydrogen (secondary N) is 1. The van der Waals surface area contributed by atoms with Crippen molar-refractivity contribution in [2.24, 2.45) is 0 Å². The van der Waals surface area contributed by atoms with Gasteiger partial charge in [-0.2, -0.15) is 0 Å². The number of pyridine rings is 1. The number of aromatic nitrogens is 1. The molecule has 4 nitrogen and oxygen atoms in total. The molecule has 0 aromatic carbocycles. The highest BCUT2D eigenvalue weighted by molar-refractivity contribution is 9.10. The molecule has 1 rings (SSSR count). The van der Waals surface area contributed by atoms with Gasteiger partial charge in [0.05, 0.1) is 12.2 Å². The zero-order chi connectivity index (χ0) is 13.6. The second-order valence-electron chi connectivity index (χ2n) is 4.96. The van der Waals surface area contributed by atoms with Crippen LogP contribution in [0.4, 0.5) is 0 Å². The summed E-state index contributed by atoms with van der Waals surface area (Å²) >= 11 is 3.40. The molecular formula is C13H21BrN2O2. The molecule has 1 N–H and O–H groups in total. The van der Waals surface area contributed by atoms with Crippen LogP contribution in [0.2, 0.25) is 0 Å². The zero-order valence-corrected chi connectivity index (χ0v) is 13.0. The maximum atomic E-state index is 5.64. The molecule has 102 valence electrons. The Hall–Kier alpha value is -0.650. The van der Waals surface area contributed by atoms with Crippen LogP contribution in [-0.2, 0) is 11.3 Å². The Bertz CT molecular complexity index is 378. The monoisotopic (exact) mass is 316 g/mol. The summed E-state index contributed by atoms with van der Waals surface area (Å²) in [5.74, 6) is 0.657. The topological polar surface area (TPSA) is 43.4 Å². The molecule has 0 aliphatic rings. The fourth-order valence-electron chi connectivity index (χ4n) is 1.40. The van der Waals surface area contributed by atoms with Crippen molar-refractivity contribution in [3.8, 4) is 5.88 Å². The standard InChI is InChI=1S/C13H21BrN2O2/c1-13(2,3)18-6-5-17-12-10(8-15-4)7-11(14)9-16-12/h7,9,15H,5-6,8H2,1-4H3. The molecule has 1 aromatic heterocycles. The van der Waals surface area contributed by atoms with Crippen molar-refractivity contribution in [2.45, 2.75) is 32.9 Å². The summed E-state index contributed by atoms with van der Waals surface area (Å²) in [5.41, 5.74) is 0.896. The molecule has 5 heteroatoms. The molecule has 0 radical (unpaired) electrons. The van der Waals surface area contributed by atoms with Crippen LogP contribution in [0.3, 0.4) is 0 Å².